The average Bonchev–Trinajstić information content (AvgIpc) is 2.54. The highest BCUT2D eigenvalue weighted by Crippen LogP contribution is 2.22. The summed E-state index contributed by atoms with van der Waals surface area (Å²) < 4.78 is 11.1. The Labute approximate surface area is 137 Å². The molecule has 23 heavy (non-hydrogen) atoms. The Morgan fingerprint density at radius 2 is 1.96 bits per heavy atom. The number of anilines is 1. The monoisotopic (exact) mass is 313 g/mol. The third-order valence-corrected chi connectivity index (χ3v) is 3.60. The number of methoxy groups -OCH3 is 1. The fraction of sp³-hybridized carbons (Fsp3) is 0.316. The summed E-state index contributed by atoms with van der Waals surface area (Å²) in [7, 11) is 1.60. The molecule has 0 saturated heterocycles. The molecule has 1 N–H and O–H groups in total. The second-order valence-electron chi connectivity index (χ2n) is 5.50. The molecule has 0 aromatic heterocycles. The number of hydrogen-bond donors (Lipinski definition) is 1. The van der Waals surface area contributed by atoms with Gasteiger partial charge in [0.2, 0.25) is 0 Å². The second kappa shape index (κ2) is 7.68. The van der Waals surface area contributed by atoms with Crippen molar-refractivity contribution in [3.05, 3.63) is 53.6 Å². The molecule has 122 valence electrons. The van der Waals surface area contributed by atoms with Gasteiger partial charge in [-0.3, -0.25) is 4.79 Å². The maximum atomic E-state index is 12.4. The minimum Gasteiger partial charge on any atom is -0.497 e. The lowest BCUT2D eigenvalue weighted by Gasteiger charge is -2.19. The van der Waals surface area contributed by atoms with Crippen molar-refractivity contribution in [2.45, 2.75) is 33.3 Å². The zero-order chi connectivity index (χ0) is 16.8. The minimum absolute atomic E-state index is 0.166. The van der Waals surface area contributed by atoms with Crippen LogP contribution < -0.4 is 14.8 Å². The van der Waals surface area contributed by atoms with Gasteiger partial charge in [0, 0.05) is 11.8 Å². The number of nitrogens with one attached hydrogen (secondary N) is 1. The molecule has 0 fully saturated rings. The van der Waals surface area contributed by atoms with Crippen LogP contribution in [0.2, 0.25) is 0 Å². The van der Waals surface area contributed by atoms with Crippen LogP contribution in [0.5, 0.6) is 11.5 Å². The van der Waals surface area contributed by atoms with Crippen LogP contribution in [0.4, 0.5) is 5.69 Å². The highest BCUT2D eigenvalue weighted by molar-refractivity contribution is 5.94. The Morgan fingerprint density at radius 1 is 1.17 bits per heavy atom. The van der Waals surface area contributed by atoms with Gasteiger partial charge in [-0.1, -0.05) is 30.7 Å². The Kier molecular flexibility index (Phi) is 5.63. The second-order valence-corrected chi connectivity index (χ2v) is 5.50. The van der Waals surface area contributed by atoms with Gasteiger partial charge in [-0.15, -0.1) is 0 Å². The molecule has 0 spiro atoms. The van der Waals surface area contributed by atoms with E-state index in [0.717, 1.165) is 11.3 Å². The zero-order valence-electron chi connectivity index (χ0n) is 14.1. The molecule has 0 heterocycles. The number of carbonyl (C=O) groups excluding carboxylic acids is 1. The van der Waals surface area contributed by atoms with E-state index in [0.29, 0.717) is 17.9 Å². The van der Waals surface area contributed by atoms with Crippen molar-refractivity contribution in [3.63, 3.8) is 0 Å². The largest absolute Gasteiger partial charge is 0.497 e. The molecule has 2 aromatic carbocycles. The lowest BCUT2D eigenvalue weighted by atomic mass is 10.1. The Morgan fingerprint density at radius 3 is 2.61 bits per heavy atom. The average molecular weight is 313 g/mol. The molecular weight excluding hydrogens is 290 g/mol. The van der Waals surface area contributed by atoms with Crippen LogP contribution in [-0.4, -0.2) is 19.1 Å². The number of benzene rings is 2. The molecule has 1 atom stereocenters. The number of ether oxygens (including phenoxy) is 2. The predicted molar refractivity (Wildman–Crippen MR) is 92.2 cm³/mol. The van der Waals surface area contributed by atoms with Crippen LogP contribution in [-0.2, 0) is 4.79 Å². The van der Waals surface area contributed by atoms with E-state index in [9.17, 15) is 4.79 Å². The van der Waals surface area contributed by atoms with E-state index in [4.69, 9.17) is 9.47 Å². The van der Waals surface area contributed by atoms with Gasteiger partial charge in [-0.2, -0.15) is 0 Å². The van der Waals surface area contributed by atoms with Gasteiger partial charge < -0.3 is 14.8 Å². The first-order valence-corrected chi connectivity index (χ1v) is 7.72. The van der Waals surface area contributed by atoms with E-state index in [1.54, 1.807) is 13.2 Å². The smallest absolute Gasteiger partial charge is 0.265 e. The topological polar surface area (TPSA) is 47.6 Å². The summed E-state index contributed by atoms with van der Waals surface area (Å²) in [5.41, 5.74) is 2.89. The standard InChI is InChI=1S/C19H23NO3/c1-5-17(23-18-10-9-13(2)11-14(18)3)19(21)20-15-7-6-8-16(12-15)22-4/h6-12,17H,5H2,1-4H3,(H,20,21)/t17-/m1/s1. The van der Waals surface area contributed by atoms with Crippen LogP contribution in [0.1, 0.15) is 24.5 Å². The van der Waals surface area contributed by atoms with Gasteiger partial charge in [0.25, 0.3) is 5.91 Å². The van der Waals surface area contributed by atoms with E-state index in [1.807, 2.05) is 57.2 Å². The van der Waals surface area contributed by atoms with E-state index >= 15 is 0 Å². The summed E-state index contributed by atoms with van der Waals surface area (Å²) in [6.45, 7) is 5.94. The Balaban J connectivity index is 2.08. The Hall–Kier alpha value is -2.49. The summed E-state index contributed by atoms with van der Waals surface area (Å²) in [5.74, 6) is 1.27. The first-order chi connectivity index (χ1) is 11.0. The van der Waals surface area contributed by atoms with Gasteiger partial charge in [0.15, 0.2) is 6.10 Å². The van der Waals surface area contributed by atoms with E-state index < -0.39 is 6.10 Å². The third kappa shape index (κ3) is 4.49. The number of rotatable bonds is 6. The van der Waals surface area contributed by atoms with Crippen LogP contribution in [0, 0.1) is 13.8 Å². The molecule has 0 unspecified atom stereocenters. The predicted octanol–water partition coefficient (Wildman–Crippen LogP) is 4.11. The van der Waals surface area contributed by atoms with Gasteiger partial charge in [0.05, 0.1) is 7.11 Å². The summed E-state index contributed by atoms with van der Waals surface area (Å²) >= 11 is 0. The highest BCUT2D eigenvalue weighted by Gasteiger charge is 2.19. The molecule has 0 saturated carbocycles. The van der Waals surface area contributed by atoms with Gasteiger partial charge >= 0.3 is 0 Å². The van der Waals surface area contributed by atoms with Crippen molar-refractivity contribution in [1.29, 1.82) is 0 Å². The molecule has 2 rings (SSSR count). The summed E-state index contributed by atoms with van der Waals surface area (Å²) in [4.78, 5) is 12.4. The van der Waals surface area contributed by atoms with Crippen LogP contribution in [0.3, 0.4) is 0 Å². The van der Waals surface area contributed by atoms with Crippen molar-refractivity contribution in [2.24, 2.45) is 0 Å². The quantitative estimate of drug-likeness (QED) is 0.873. The molecule has 2 aromatic rings. The first-order valence-electron chi connectivity index (χ1n) is 7.72. The third-order valence-electron chi connectivity index (χ3n) is 3.60. The van der Waals surface area contributed by atoms with E-state index in [-0.39, 0.29) is 5.91 Å². The highest BCUT2D eigenvalue weighted by atomic mass is 16.5. The zero-order valence-corrected chi connectivity index (χ0v) is 14.1. The van der Waals surface area contributed by atoms with Crippen LogP contribution >= 0.6 is 0 Å². The summed E-state index contributed by atoms with van der Waals surface area (Å²) in [6, 6.07) is 13.2. The van der Waals surface area contributed by atoms with Crippen molar-refractivity contribution in [3.8, 4) is 11.5 Å². The van der Waals surface area contributed by atoms with E-state index in [1.165, 1.54) is 5.56 Å². The molecule has 0 aliphatic carbocycles. The lowest BCUT2D eigenvalue weighted by Crippen LogP contribution is -2.32. The summed E-state index contributed by atoms with van der Waals surface area (Å²) in [5, 5.41) is 2.87. The van der Waals surface area contributed by atoms with Gasteiger partial charge in [0.1, 0.15) is 11.5 Å². The molecule has 4 nitrogen and oxygen atoms in total. The number of amides is 1. The van der Waals surface area contributed by atoms with Crippen LogP contribution in [0.25, 0.3) is 0 Å². The number of hydrogen-bond acceptors (Lipinski definition) is 3. The number of carbonyl (C=O) groups is 1. The molecular formula is C19H23NO3. The van der Waals surface area contributed by atoms with Crippen LogP contribution in [0.15, 0.2) is 42.5 Å². The molecule has 0 aliphatic heterocycles. The fourth-order valence-corrected chi connectivity index (χ4v) is 2.33. The lowest BCUT2D eigenvalue weighted by molar-refractivity contribution is -0.122. The van der Waals surface area contributed by atoms with Crippen molar-refractivity contribution in [2.75, 3.05) is 12.4 Å². The first kappa shape index (κ1) is 16.9. The molecule has 1 amide bonds. The fourth-order valence-electron chi connectivity index (χ4n) is 2.33. The summed E-state index contributed by atoms with van der Waals surface area (Å²) in [6.07, 6.45) is 0.0472. The van der Waals surface area contributed by atoms with Gasteiger partial charge in [-0.05, 0) is 44.0 Å². The minimum atomic E-state index is -0.539. The SMILES string of the molecule is CC[C@@H](Oc1ccc(C)cc1C)C(=O)Nc1cccc(OC)c1. The maximum absolute atomic E-state index is 12.4. The van der Waals surface area contributed by atoms with Crippen molar-refractivity contribution in [1.82, 2.24) is 0 Å². The molecule has 0 radical (unpaired) electrons. The number of aryl methyl sites for hydroxylation is 2. The van der Waals surface area contributed by atoms with Gasteiger partial charge in [-0.25, -0.2) is 0 Å². The molecule has 0 aliphatic rings. The molecule has 0 bridgehead atoms. The van der Waals surface area contributed by atoms with Crippen molar-refractivity contribution < 1.29 is 14.3 Å². The Bertz CT molecular complexity index is 682. The normalized spacial score (nSPS) is 11.7. The van der Waals surface area contributed by atoms with E-state index in [2.05, 4.69) is 5.32 Å². The van der Waals surface area contributed by atoms with Crippen molar-refractivity contribution >= 4 is 11.6 Å². The maximum Gasteiger partial charge on any atom is 0.265 e. The molecule has 4 heteroatoms.